The minimum absolute atomic E-state index is 0.0193. The molecule has 1 aliphatic carbocycles. The Balaban J connectivity index is 1.77. The third kappa shape index (κ3) is 5.76. The highest BCUT2D eigenvalue weighted by Crippen LogP contribution is 2.37. The first kappa shape index (κ1) is 18.2. The van der Waals surface area contributed by atoms with Gasteiger partial charge in [-0.2, -0.15) is 0 Å². The van der Waals surface area contributed by atoms with Gasteiger partial charge in [-0.05, 0) is 31.6 Å². The normalized spacial score (nSPS) is 27.6. The zero-order valence-electron chi connectivity index (χ0n) is 13.9. The Morgan fingerprint density at radius 1 is 1.26 bits per heavy atom. The van der Waals surface area contributed by atoms with E-state index in [0.717, 1.165) is 31.9 Å². The van der Waals surface area contributed by atoms with Crippen molar-refractivity contribution in [3.05, 3.63) is 0 Å². The monoisotopic (exact) mass is 345 g/mol. The summed E-state index contributed by atoms with van der Waals surface area (Å²) in [6.45, 7) is 3.31. The van der Waals surface area contributed by atoms with Gasteiger partial charge in [-0.1, -0.05) is 6.92 Å². The number of amides is 2. The number of carbonyl (C=O) groups excluding carboxylic acids is 2. The van der Waals surface area contributed by atoms with Gasteiger partial charge in [-0.25, -0.2) is 13.1 Å². The van der Waals surface area contributed by atoms with Crippen LogP contribution < -0.4 is 10.0 Å². The molecule has 0 radical (unpaired) electrons. The summed E-state index contributed by atoms with van der Waals surface area (Å²) in [4.78, 5) is 25.9. The smallest absolute Gasteiger partial charge is 0.224 e. The van der Waals surface area contributed by atoms with Gasteiger partial charge in [-0.15, -0.1) is 0 Å². The molecule has 2 N–H and O–H groups in total. The second-order valence-corrected chi connectivity index (χ2v) is 8.55. The molecule has 1 saturated heterocycles. The SMILES string of the molecule is C[C@@H]1C[C@@H]1C(=O)NCCC(=O)N1CCCC[C@H]1CNS(C)(=O)=O. The summed E-state index contributed by atoms with van der Waals surface area (Å²) in [7, 11) is -3.25. The fourth-order valence-electron chi connectivity index (χ4n) is 3.04. The zero-order chi connectivity index (χ0) is 17.0. The summed E-state index contributed by atoms with van der Waals surface area (Å²) in [6.07, 6.45) is 5.06. The van der Waals surface area contributed by atoms with E-state index in [1.807, 2.05) is 6.92 Å². The Hall–Kier alpha value is -1.15. The molecule has 2 fully saturated rings. The standard InChI is InChI=1S/C15H27N3O4S/c1-11-9-13(11)15(20)16-7-6-14(19)18-8-4-3-5-12(18)10-17-23(2,21)22/h11-13,17H,3-10H2,1-2H3,(H,16,20)/t11-,12+,13+/m1/s1. The lowest BCUT2D eigenvalue weighted by molar-refractivity contribution is -0.134. The van der Waals surface area contributed by atoms with Crippen molar-refractivity contribution in [2.75, 3.05) is 25.9 Å². The first-order valence-electron chi connectivity index (χ1n) is 8.29. The van der Waals surface area contributed by atoms with Crippen LogP contribution in [0, 0.1) is 11.8 Å². The van der Waals surface area contributed by atoms with Crippen LogP contribution in [0.2, 0.25) is 0 Å². The number of carbonyl (C=O) groups is 2. The molecule has 1 saturated carbocycles. The number of hydrogen-bond donors (Lipinski definition) is 2. The Labute approximate surface area is 138 Å². The van der Waals surface area contributed by atoms with E-state index in [4.69, 9.17) is 0 Å². The third-order valence-electron chi connectivity index (χ3n) is 4.61. The van der Waals surface area contributed by atoms with Gasteiger partial charge < -0.3 is 10.2 Å². The Kier molecular flexibility index (Phi) is 6.02. The zero-order valence-corrected chi connectivity index (χ0v) is 14.7. The molecule has 1 heterocycles. The summed E-state index contributed by atoms with van der Waals surface area (Å²) in [5, 5.41) is 2.82. The van der Waals surface area contributed by atoms with Crippen LogP contribution in [0.25, 0.3) is 0 Å². The van der Waals surface area contributed by atoms with Crippen molar-refractivity contribution in [1.29, 1.82) is 0 Å². The second-order valence-electron chi connectivity index (χ2n) is 6.72. The van der Waals surface area contributed by atoms with Crippen molar-refractivity contribution >= 4 is 21.8 Å². The lowest BCUT2D eigenvalue weighted by atomic mass is 10.0. The average molecular weight is 345 g/mol. The maximum absolute atomic E-state index is 12.4. The predicted molar refractivity (Wildman–Crippen MR) is 87.1 cm³/mol. The van der Waals surface area contributed by atoms with Crippen LogP contribution in [0.3, 0.4) is 0 Å². The average Bonchev–Trinajstić information content (AvgIpc) is 3.21. The molecule has 0 aromatic carbocycles. The molecule has 0 aromatic rings. The van der Waals surface area contributed by atoms with Crippen LogP contribution in [0.15, 0.2) is 0 Å². The van der Waals surface area contributed by atoms with Crippen molar-refractivity contribution in [2.45, 2.75) is 45.1 Å². The molecule has 8 heteroatoms. The van der Waals surface area contributed by atoms with Gasteiger partial charge in [0.1, 0.15) is 0 Å². The van der Waals surface area contributed by atoms with E-state index in [1.165, 1.54) is 0 Å². The molecule has 2 rings (SSSR count). The number of sulfonamides is 1. The van der Waals surface area contributed by atoms with E-state index < -0.39 is 10.0 Å². The first-order valence-corrected chi connectivity index (χ1v) is 10.2. The van der Waals surface area contributed by atoms with Crippen LogP contribution in [0.1, 0.15) is 39.0 Å². The highest BCUT2D eigenvalue weighted by atomic mass is 32.2. The first-order chi connectivity index (χ1) is 10.8. The number of likely N-dealkylation sites (tertiary alicyclic amines) is 1. The minimum Gasteiger partial charge on any atom is -0.355 e. The molecule has 1 aliphatic heterocycles. The molecule has 2 amide bonds. The van der Waals surface area contributed by atoms with Crippen molar-refractivity contribution in [3.63, 3.8) is 0 Å². The van der Waals surface area contributed by atoms with Gasteiger partial charge in [-0.3, -0.25) is 9.59 Å². The number of nitrogens with zero attached hydrogens (tertiary/aromatic N) is 1. The molecule has 0 unspecified atom stereocenters. The van der Waals surface area contributed by atoms with Crippen LogP contribution in [0.4, 0.5) is 0 Å². The van der Waals surface area contributed by atoms with Gasteiger partial charge in [0.15, 0.2) is 0 Å². The van der Waals surface area contributed by atoms with Gasteiger partial charge in [0.05, 0.1) is 6.26 Å². The molecule has 132 valence electrons. The largest absolute Gasteiger partial charge is 0.355 e. The van der Waals surface area contributed by atoms with E-state index in [-0.39, 0.29) is 36.7 Å². The molecular weight excluding hydrogens is 318 g/mol. The number of hydrogen-bond acceptors (Lipinski definition) is 4. The quantitative estimate of drug-likeness (QED) is 0.683. The summed E-state index contributed by atoms with van der Waals surface area (Å²) in [5.74, 6) is 0.597. The fourth-order valence-corrected chi connectivity index (χ4v) is 3.54. The lowest BCUT2D eigenvalue weighted by Crippen LogP contribution is -2.49. The van der Waals surface area contributed by atoms with Crippen molar-refractivity contribution in [3.8, 4) is 0 Å². The lowest BCUT2D eigenvalue weighted by Gasteiger charge is -2.36. The van der Waals surface area contributed by atoms with Gasteiger partial charge in [0.25, 0.3) is 0 Å². The van der Waals surface area contributed by atoms with Crippen LogP contribution in [-0.2, 0) is 19.6 Å². The van der Waals surface area contributed by atoms with Gasteiger partial charge in [0, 0.05) is 38.0 Å². The maximum atomic E-state index is 12.4. The molecule has 3 atom stereocenters. The predicted octanol–water partition coefficient (Wildman–Crippen LogP) is 0.0790. The topological polar surface area (TPSA) is 95.6 Å². The third-order valence-corrected chi connectivity index (χ3v) is 5.30. The molecule has 0 bridgehead atoms. The molecule has 0 aromatic heterocycles. The van der Waals surface area contributed by atoms with Crippen molar-refractivity contribution < 1.29 is 18.0 Å². The Bertz CT molecular complexity index is 549. The van der Waals surface area contributed by atoms with Gasteiger partial charge >= 0.3 is 0 Å². The number of rotatable bonds is 7. The van der Waals surface area contributed by atoms with Crippen molar-refractivity contribution in [2.24, 2.45) is 11.8 Å². The number of nitrogens with one attached hydrogen (secondary N) is 2. The van der Waals surface area contributed by atoms with Crippen LogP contribution >= 0.6 is 0 Å². The van der Waals surface area contributed by atoms with E-state index in [2.05, 4.69) is 10.0 Å². The molecule has 23 heavy (non-hydrogen) atoms. The minimum atomic E-state index is -3.25. The number of piperidine rings is 1. The maximum Gasteiger partial charge on any atom is 0.224 e. The molecular formula is C15H27N3O4S. The summed E-state index contributed by atoms with van der Waals surface area (Å²) in [6, 6.07) is -0.0925. The summed E-state index contributed by atoms with van der Waals surface area (Å²) < 4.78 is 25.0. The molecule has 0 spiro atoms. The Morgan fingerprint density at radius 2 is 1.96 bits per heavy atom. The van der Waals surface area contributed by atoms with Gasteiger partial charge in [0.2, 0.25) is 21.8 Å². The van der Waals surface area contributed by atoms with E-state index >= 15 is 0 Å². The molecule has 7 nitrogen and oxygen atoms in total. The molecule has 2 aliphatic rings. The second kappa shape index (κ2) is 7.61. The van der Waals surface area contributed by atoms with E-state index in [0.29, 0.717) is 19.0 Å². The van der Waals surface area contributed by atoms with Crippen molar-refractivity contribution in [1.82, 2.24) is 14.9 Å². The fraction of sp³-hybridized carbons (Fsp3) is 0.867. The highest BCUT2D eigenvalue weighted by molar-refractivity contribution is 7.88. The van der Waals surface area contributed by atoms with Crippen LogP contribution in [-0.4, -0.2) is 57.1 Å². The Morgan fingerprint density at radius 3 is 2.57 bits per heavy atom. The highest BCUT2D eigenvalue weighted by Gasteiger charge is 2.38. The van der Waals surface area contributed by atoms with E-state index in [1.54, 1.807) is 4.90 Å². The summed E-state index contributed by atoms with van der Waals surface area (Å²) >= 11 is 0. The van der Waals surface area contributed by atoms with Crippen LogP contribution in [0.5, 0.6) is 0 Å². The van der Waals surface area contributed by atoms with E-state index in [9.17, 15) is 18.0 Å². The summed E-state index contributed by atoms with van der Waals surface area (Å²) in [5.41, 5.74) is 0.